The van der Waals surface area contributed by atoms with Crippen molar-refractivity contribution >= 4 is 49.2 Å². The zero-order valence-corrected chi connectivity index (χ0v) is 26.7. The van der Waals surface area contributed by atoms with E-state index in [2.05, 4.69) is 91.9 Å². The normalized spacial score (nSPS) is 12.6. The van der Waals surface area contributed by atoms with Gasteiger partial charge in [-0.1, -0.05) is 112 Å². The molecule has 29 heavy (non-hydrogen) atoms. The van der Waals surface area contributed by atoms with Crippen molar-refractivity contribution in [3.63, 3.8) is 0 Å². The van der Waals surface area contributed by atoms with E-state index < -0.39 is 32.3 Å². The van der Waals surface area contributed by atoms with Crippen LogP contribution in [-0.4, -0.2) is 41.4 Å². The Balaban J connectivity index is -0.000000260. The molecular weight excluding hydrogens is 483 g/mol. The number of rotatable bonds is 4. The third-order valence-corrected chi connectivity index (χ3v) is 29.8. The fraction of sp³-hybridized carbons (Fsp3) is 0.571. The van der Waals surface area contributed by atoms with Crippen molar-refractivity contribution in [2.45, 2.75) is 78.6 Å². The molecular formula is C21H42FeO2PSi4. The van der Waals surface area contributed by atoms with E-state index in [9.17, 15) is 0 Å². The van der Waals surface area contributed by atoms with Crippen LogP contribution in [0.5, 0.6) is 0 Å². The van der Waals surface area contributed by atoms with E-state index in [0.717, 1.165) is 7.83 Å². The van der Waals surface area contributed by atoms with E-state index in [4.69, 9.17) is 9.30 Å². The first-order valence-corrected chi connectivity index (χ1v) is 24.6. The van der Waals surface area contributed by atoms with Crippen LogP contribution in [0, 0.1) is 19.7 Å². The molecule has 0 amide bonds. The van der Waals surface area contributed by atoms with Crippen molar-refractivity contribution in [2.75, 3.05) is 0 Å². The molecule has 0 heterocycles. The van der Waals surface area contributed by atoms with Gasteiger partial charge in [-0.25, -0.2) is 0 Å². The number of hydrogen-bond acceptors (Lipinski definition) is 0. The van der Waals surface area contributed by atoms with Crippen molar-refractivity contribution in [3.05, 3.63) is 44.0 Å². The molecule has 0 aromatic rings. The molecule has 1 aliphatic rings. The van der Waals surface area contributed by atoms with E-state index in [-0.39, 0.29) is 17.1 Å². The van der Waals surface area contributed by atoms with Crippen LogP contribution in [0.2, 0.25) is 78.6 Å². The summed E-state index contributed by atoms with van der Waals surface area (Å²) >= 11 is 0. The SMILES string of the molecule is C[Si](C)(C)C(=[PH]=C([Si](C)(C)C)[Si](C)(C)C)[Si](C)(C)C.[C-]#[O+].[C-]#[O+].[CH]1C=CC=C1.[Fe]. The summed E-state index contributed by atoms with van der Waals surface area (Å²) in [6, 6.07) is 0. The summed E-state index contributed by atoms with van der Waals surface area (Å²) in [4.78, 5) is 0. The molecule has 0 bridgehead atoms. The van der Waals surface area contributed by atoms with Crippen LogP contribution in [0.1, 0.15) is 0 Å². The Morgan fingerprint density at radius 1 is 0.517 bits per heavy atom. The first-order chi connectivity index (χ1) is 12.5. The average molecular weight is 526 g/mol. The Morgan fingerprint density at radius 2 is 0.724 bits per heavy atom. The van der Waals surface area contributed by atoms with Gasteiger partial charge in [0, 0.05) is 23.5 Å². The van der Waals surface area contributed by atoms with E-state index in [1.54, 1.807) is 0 Å². The molecule has 1 radical (unpaired) electrons. The van der Waals surface area contributed by atoms with Crippen LogP contribution < -0.4 is 0 Å². The second-order valence-corrected chi connectivity index (χ2v) is 35.1. The quantitative estimate of drug-likeness (QED) is 0.168. The van der Waals surface area contributed by atoms with Crippen LogP contribution in [-0.2, 0) is 26.4 Å². The summed E-state index contributed by atoms with van der Waals surface area (Å²) in [5, 5.41) is 0. The van der Waals surface area contributed by atoms with Gasteiger partial charge < -0.3 is 0 Å². The summed E-state index contributed by atoms with van der Waals surface area (Å²) in [5.41, 5.74) is 0. The van der Waals surface area contributed by atoms with Gasteiger partial charge >= 0.3 is 22.6 Å². The molecule has 2 nitrogen and oxygen atoms in total. The maximum atomic E-state index is 7.50. The summed E-state index contributed by atoms with van der Waals surface area (Å²) < 4.78 is 19.1. The van der Waals surface area contributed by atoms with Crippen molar-refractivity contribution in [3.8, 4) is 0 Å². The minimum Gasteiger partial charge on any atom is -0.0767 e. The summed E-state index contributed by atoms with van der Waals surface area (Å²) in [6.07, 6.45) is 10.0. The molecule has 0 aromatic heterocycles. The molecule has 0 aromatic carbocycles. The van der Waals surface area contributed by atoms with Gasteiger partial charge in [-0.05, 0) is 0 Å². The first kappa shape index (κ1) is 36.7. The summed E-state index contributed by atoms with van der Waals surface area (Å²) in [6.45, 7) is 39.8. The zero-order valence-electron chi connectivity index (χ0n) is 20.6. The molecule has 167 valence electrons. The predicted molar refractivity (Wildman–Crippen MR) is 142 cm³/mol. The van der Waals surface area contributed by atoms with Gasteiger partial charge in [-0.2, -0.15) is 7.83 Å². The minimum atomic E-state index is -1.13. The zero-order chi connectivity index (χ0) is 23.4. The molecule has 0 saturated heterocycles. The molecule has 0 atom stereocenters. The fourth-order valence-corrected chi connectivity index (χ4v) is 30.7. The number of hydrogen-bond donors (Lipinski definition) is 0. The Morgan fingerprint density at radius 3 is 0.828 bits per heavy atom. The average Bonchev–Trinajstić information content (AvgIpc) is 3.05. The van der Waals surface area contributed by atoms with E-state index in [0.29, 0.717) is 0 Å². The second kappa shape index (κ2) is 16.1. The fourth-order valence-electron chi connectivity index (χ4n) is 3.45. The molecule has 0 fully saturated rings. The minimum absolute atomic E-state index is 0. The smallest absolute Gasteiger partial charge is 0.00506 e. The molecule has 0 N–H and O–H groups in total. The third-order valence-electron chi connectivity index (χ3n) is 3.81. The van der Waals surface area contributed by atoms with Crippen molar-refractivity contribution in [2.24, 2.45) is 0 Å². The van der Waals surface area contributed by atoms with Gasteiger partial charge in [0.1, 0.15) is 0 Å². The molecule has 0 unspecified atom stereocenters. The van der Waals surface area contributed by atoms with Crippen LogP contribution >= 0.6 is 7.83 Å². The predicted octanol–water partition coefficient (Wildman–Crippen LogP) is 6.76. The number of allylic oxidation sites excluding steroid dienone is 4. The van der Waals surface area contributed by atoms with Gasteiger partial charge in [-0.3, -0.25) is 0 Å². The standard InChI is InChI=1S/C14H37PSi4.C5H5.2CO.Fe/c1-16(2,3)13(17(4,5)6)15-14(18(7,8)9)19(10,11)12;1-2-4-5-3-1;2*1-2;/h15H,1-12H3;1-5H;;;. The van der Waals surface area contributed by atoms with Crippen LogP contribution in [0.3, 0.4) is 0 Å². The monoisotopic (exact) mass is 525 g/mol. The van der Waals surface area contributed by atoms with Gasteiger partial charge in [0.2, 0.25) is 0 Å². The Bertz CT molecular complexity index is 548. The van der Waals surface area contributed by atoms with Gasteiger partial charge in [-0.15, -0.1) is 0 Å². The molecule has 1 rings (SSSR count). The molecule has 0 aliphatic heterocycles. The van der Waals surface area contributed by atoms with Crippen molar-refractivity contribution < 1.29 is 26.4 Å². The Labute approximate surface area is 197 Å². The van der Waals surface area contributed by atoms with Gasteiger partial charge in [0.05, 0.1) is 32.3 Å². The van der Waals surface area contributed by atoms with Crippen molar-refractivity contribution in [1.82, 2.24) is 0 Å². The van der Waals surface area contributed by atoms with E-state index >= 15 is 0 Å². The maximum absolute atomic E-state index is 7.50. The molecule has 0 saturated carbocycles. The Hall–Kier alpha value is 0.387. The maximum Gasteiger partial charge on any atom is 0.00506 e. The van der Waals surface area contributed by atoms with Gasteiger partial charge in [0.25, 0.3) is 0 Å². The van der Waals surface area contributed by atoms with E-state index in [1.807, 2.05) is 39.8 Å². The third kappa shape index (κ3) is 17.7. The second-order valence-electron chi connectivity index (χ2n) is 10.8. The molecule has 1 aliphatic carbocycles. The van der Waals surface area contributed by atoms with E-state index in [1.165, 1.54) is 0 Å². The summed E-state index contributed by atoms with van der Waals surface area (Å²) in [5.74, 6) is 0. The molecule has 0 spiro atoms. The largest absolute Gasteiger partial charge is 0.0767 e. The Kier molecular flexibility index (Phi) is 20.4. The van der Waals surface area contributed by atoms with Crippen LogP contribution in [0.4, 0.5) is 0 Å². The topological polar surface area (TPSA) is 39.8 Å². The van der Waals surface area contributed by atoms with Crippen LogP contribution in [0.25, 0.3) is 0 Å². The van der Waals surface area contributed by atoms with Crippen molar-refractivity contribution in [1.29, 1.82) is 0 Å². The first-order valence-electron chi connectivity index (χ1n) is 9.57. The van der Waals surface area contributed by atoms with Gasteiger partial charge in [0.15, 0.2) is 0 Å². The summed E-state index contributed by atoms with van der Waals surface area (Å²) in [7, 11) is -3.41. The molecule has 8 heteroatoms. The van der Waals surface area contributed by atoms with Crippen LogP contribution in [0.15, 0.2) is 24.3 Å².